The molecule has 0 aromatic heterocycles. The van der Waals surface area contributed by atoms with Crippen LogP contribution in [0.5, 0.6) is 0 Å². The van der Waals surface area contributed by atoms with Crippen molar-refractivity contribution in [3.05, 3.63) is 28.3 Å². The topological polar surface area (TPSA) is 67.4 Å². The van der Waals surface area contributed by atoms with Crippen LogP contribution >= 0.6 is 0 Å². The first-order chi connectivity index (χ1) is 13.2. The third-order valence-corrected chi connectivity index (χ3v) is 7.61. The number of hydrogen-bond acceptors (Lipinski definition) is 3. The van der Waals surface area contributed by atoms with Crippen LogP contribution in [-0.2, 0) is 37.0 Å². The number of amides is 2. The zero-order valence-corrected chi connectivity index (χ0v) is 16.5. The monoisotopic (exact) mass is 393 g/mol. The zero-order chi connectivity index (χ0) is 18.8. The number of rotatable bonds is 5. The number of benzene rings is 1. The Balaban J connectivity index is 1.38. The summed E-state index contributed by atoms with van der Waals surface area (Å²) in [6.45, 7) is 1.57. The highest BCUT2D eigenvalue weighted by Gasteiger charge is 2.31. The van der Waals surface area contributed by atoms with Gasteiger partial charge in [-0.05, 0) is 60.8 Å². The Morgan fingerprint density at radius 2 is 1.78 bits per heavy atom. The highest BCUT2D eigenvalue weighted by molar-refractivity contribution is 7.90. The van der Waals surface area contributed by atoms with Gasteiger partial charge in [0.1, 0.15) is 11.9 Å². The summed E-state index contributed by atoms with van der Waals surface area (Å²) < 4.78 is 27.7. The summed E-state index contributed by atoms with van der Waals surface area (Å²) in [5, 5.41) is 2.98. The number of anilines is 1. The average Bonchev–Trinajstić information content (AvgIpc) is 3.31. The maximum atomic E-state index is 12.6. The van der Waals surface area contributed by atoms with Gasteiger partial charge in [-0.2, -0.15) is 4.72 Å². The Kier molecular flexibility index (Phi) is 5.90. The van der Waals surface area contributed by atoms with Crippen molar-refractivity contribution in [3.63, 3.8) is 0 Å². The van der Waals surface area contributed by atoms with Crippen molar-refractivity contribution in [2.24, 2.45) is 0 Å². The normalized spacial score (nSPS) is 21.0. The van der Waals surface area contributed by atoms with Gasteiger partial charge in [-0.25, -0.2) is 9.18 Å². The fraction of sp³-hybridized carbons (Fsp3) is 0.650. The standard InChI is InChI=1S/C20H28FN3O2S/c21-9-12-24-10-7-16(8-11-24)27(26)23-20(25)22-19-17-5-1-3-14(17)13-15-4-2-6-18(15)19/h13,16H,1-12H2,(H2,22,23,25). The van der Waals surface area contributed by atoms with E-state index in [4.69, 9.17) is 0 Å². The van der Waals surface area contributed by atoms with Crippen LogP contribution in [0.1, 0.15) is 47.9 Å². The van der Waals surface area contributed by atoms with E-state index < -0.39 is 11.4 Å². The molecule has 2 N–H and O–H groups in total. The second kappa shape index (κ2) is 8.37. The van der Waals surface area contributed by atoms with Crippen LogP contribution in [-0.4, -0.2) is 47.0 Å². The molecule has 5 nitrogen and oxygen atoms in total. The molecule has 3 aliphatic rings. The molecule has 1 saturated heterocycles. The molecule has 1 aromatic carbocycles. The minimum atomic E-state index is -1.41. The molecule has 2 amide bonds. The molecule has 0 bridgehead atoms. The lowest BCUT2D eigenvalue weighted by atomic mass is 9.99. The van der Waals surface area contributed by atoms with Crippen LogP contribution in [0.15, 0.2) is 6.07 Å². The molecule has 148 valence electrons. The van der Waals surface area contributed by atoms with Crippen molar-refractivity contribution >= 4 is 23.1 Å². The Hall–Kier alpha value is -1.31. The van der Waals surface area contributed by atoms with Crippen LogP contribution in [0, 0.1) is 0 Å². The van der Waals surface area contributed by atoms with Gasteiger partial charge in [-0.15, -0.1) is 0 Å². The highest BCUT2D eigenvalue weighted by Crippen LogP contribution is 2.38. The molecule has 0 spiro atoms. The molecule has 1 aromatic rings. The molecule has 4 rings (SSSR count). The van der Waals surface area contributed by atoms with E-state index in [1.807, 2.05) is 4.90 Å². The third kappa shape index (κ3) is 4.10. The van der Waals surface area contributed by atoms with E-state index in [0.29, 0.717) is 6.54 Å². The molecule has 27 heavy (non-hydrogen) atoms. The molecule has 1 unspecified atom stereocenters. The molecule has 0 radical (unpaired) electrons. The van der Waals surface area contributed by atoms with Crippen LogP contribution in [0.3, 0.4) is 0 Å². The molecule has 2 aliphatic carbocycles. The summed E-state index contributed by atoms with van der Waals surface area (Å²) in [5.74, 6) is 0. The van der Waals surface area contributed by atoms with Crippen molar-refractivity contribution in [2.75, 3.05) is 31.6 Å². The predicted octanol–water partition coefficient (Wildman–Crippen LogP) is 2.88. The number of alkyl halides is 1. The van der Waals surface area contributed by atoms with Gasteiger partial charge in [-0.3, -0.25) is 0 Å². The molecule has 7 heteroatoms. The number of urea groups is 1. The third-order valence-electron chi connectivity index (χ3n) is 6.14. The average molecular weight is 394 g/mol. The SMILES string of the molecule is O=C(Nc1c2c(cc3c1CCC3)CCC2)N[S+]([O-])C1CCN(CCF)CC1. The number of piperidine rings is 1. The Morgan fingerprint density at radius 3 is 2.37 bits per heavy atom. The lowest BCUT2D eigenvalue weighted by molar-refractivity contribution is 0.211. The number of aryl methyl sites for hydroxylation is 2. The first-order valence-corrected chi connectivity index (χ1v) is 11.3. The van der Waals surface area contributed by atoms with E-state index in [1.165, 1.54) is 22.3 Å². The van der Waals surface area contributed by atoms with Gasteiger partial charge in [0.2, 0.25) is 0 Å². The number of nitrogens with zero attached hydrogens (tertiary/aromatic N) is 1. The maximum Gasteiger partial charge on any atom is 0.360 e. The van der Waals surface area contributed by atoms with Gasteiger partial charge in [0.05, 0.1) is 11.4 Å². The number of nitrogens with one attached hydrogen (secondary N) is 2. The number of likely N-dealkylation sites (tertiary alicyclic amines) is 1. The fourth-order valence-corrected chi connectivity index (χ4v) is 5.79. The smallest absolute Gasteiger partial charge is 0.360 e. The Morgan fingerprint density at radius 1 is 1.15 bits per heavy atom. The quantitative estimate of drug-likeness (QED) is 0.756. The molecular formula is C20H28FN3O2S. The first kappa shape index (κ1) is 19.0. The molecule has 1 heterocycles. The van der Waals surface area contributed by atoms with Gasteiger partial charge in [0, 0.05) is 38.2 Å². The fourth-order valence-electron chi connectivity index (χ4n) is 4.75. The van der Waals surface area contributed by atoms with Crippen LogP contribution < -0.4 is 10.0 Å². The van der Waals surface area contributed by atoms with Crippen molar-refractivity contribution < 1.29 is 13.7 Å². The number of halogens is 1. The summed E-state index contributed by atoms with van der Waals surface area (Å²) in [7, 11) is 0. The summed E-state index contributed by atoms with van der Waals surface area (Å²) in [6, 6.07) is 1.96. The first-order valence-electron chi connectivity index (χ1n) is 10.1. The van der Waals surface area contributed by atoms with Gasteiger partial charge in [-0.1, -0.05) is 6.07 Å². The summed E-state index contributed by atoms with van der Waals surface area (Å²) in [4.78, 5) is 14.6. The van der Waals surface area contributed by atoms with E-state index in [1.54, 1.807) is 0 Å². The van der Waals surface area contributed by atoms with E-state index in [0.717, 1.165) is 70.1 Å². The van der Waals surface area contributed by atoms with E-state index in [2.05, 4.69) is 16.1 Å². The van der Waals surface area contributed by atoms with Gasteiger partial charge >= 0.3 is 6.03 Å². The molecule has 1 aliphatic heterocycles. The molecule has 1 atom stereocenters. The summed E-state index contributed by atoms with van der Waals surface area (Å²) in [5.41, 5.74) is 6.26. The van der Waals surface area contributed by atoms with Crippen LogP contribution in [0.2, 0.25) is 0 Å². The highest BCUT2D eigenvalue weighted by atomic mass is 32.2. The predicted molar refractivity (Wildman–Crippen MR) is 106 cm³/mol. The van der Waals surface area contributed by atoms with Crippen LogP contribution in [0.25, 0.3) is 0 Å². The van der Waals surface area contributed by atoms with Crippen molar-refractivity contribution in [1.29, 1.82) is 0 Å². The van der Waals surface area contributed by atoms with E-state index in [-0.39, 0.29) is 18.0 Å². The maximum absolute atomic E-state index is 12.6. The van der Waals surface area contributed by atoms with Crippen LogP contribution in [0.4, 0.5) is 14.9 Å². The van der Waals surface area contributed by atoms with Gasteiger partial charge in [0.15, 0.2) is 0 Å². The molecule has 0 saturated carbocycles. The Bertz CT molecular complexity index is 675. The van der Waals surface area contributed by atoms with E-state index >= 15 is 0 Å². The number of carbonyl (C=O) groups excluding carboxylic acids is 1. The minimum Gasteiger partial charge on any atom is -0.593 e. The lowest BCUT2D eigenvalue weighted by Gasteiger charge is -2.31. The number of carbonyl (C=O) groups is 1. The molecular weight excluding hydrogens is 365 g/mol. The number of hydrogen-bond donors (Lipinski definition) is 2. The Labute approximate surface area is 163 Å². The number of fused-ring (bicyclic) bond motifs is 2. The van der Waals surface area contributed by atoms with Gasteiger partial charge < -0.3 is 14.8 Å². The second-order valence-electron chi connectivity index (χ2n) is 7.82. The second-order valence-corrected chi connectivity index (χ2v) is 9.28. The van der Waals surface area contributed by atoms with Crippen molar-refractivity contribution in [3.8, 4) is 0 Å². The molecule has 1 fully saturated rings. The minimum absolute atomic E-state index is 0.0567. The van der Waals surface area contributed by atoms with Crippen molar-refractivity contribution in [2.45, 2.75) is 56.6 Å². The van der Waals surface area contributed by atoms with E-state index in [9.17, 15) is 13.7 Å². The summed E-state index contributed by atoms with van der Waals surface area (Å²) >= 11 is -1.41. The zero-order valence-electron chi connectivity index (χ0n) is 15.7. The summed E-state index contributed by atoms with van der Waals surface area (Å²) in [6.07, 6.45) is 7.91. The lowest BCUT2D eigenvalue weighted by Crippen LogP contribution is -2.46. The van der Waals surface area contributed by atoms with Crippen molar-refractivity contribution in [1.82, 2.24) is 9.62 Å². The van der Waals surface area contributed by atoms with Gasteiger partial charge in [0.25, 0.3) is 0 Å². The largest absolute Gasteiger partial charge is 0.593 e.